The van der Waals surface area contributed by atoms with Gasteiger partial charge >= 0.3 is 6.09 Å². The van der Waals surface area contributed by atoms with Gasteiger partial charge < -0.3 is 19.4 Å². The molecule has 0 saturated heterocycles. The minimum atomic E-state index is -0.513. The number of nitrogens with zero attached hydrogens (tertiary/aromatic N) is 3. The smallest absolute Gasteiger partial charge is 0.410 e. The van der Waals surface area contributed by atoms with Crippen LogP contribution < -0.4 is 4.74 Å². The van der Waals surface area contributed by atoms with Gasteiger partial charge in [-0.15, -0.1) is 0 Å². The van der Waals surface area contributed by atoms with Crippen LogP contribution in [0, 0.1) is 3.57 Å². The van der Waals surface area contributed by atoms with E-state index in [0.29, 0.717) is 25.3 Å². The molecule has 146 valence electrons. The van der Waals surface area contributed by atoms with Crippen LogP contribution in [0.15, 0.2) is 30.7 Å². The Morgan fingerprint density at radius 2 is 2.14 bits per heavy atom. The predicted molar refractivity (Wildman–Crippen MR) is 113 cm³/mol. The topological polar surface area (TPSA) is 80.3 Å². The number of aromatic nitrogens is 3. The van der Waals surface area contributed by atoms with Crippen molar-refractivity contribution in [1.29, 1.82) is 0 Å². The molecule has 0 spiro atoms. The molecule has 28 heavy (non-hydrogen) atoms. The molecule has 0 fully saturated rings. The molecule has 0 radical (unpaired) electrons. The zero-order valence-electron chi connectivity index (χ0n) is 16.0. The minimum absolute atomic E-state index is 0.304. The molecule has 0 unspecified atom stereocenters. The maximum absolute atomic E-state index is 12.4. The van der Waals surface area contributed by atoms with Crippen molar-refractivity contribution < 1.29 is 14.3 Å². The van der Waals surface area contributed by atoms with Crippen LogP contribution in [0.3, 0.4) is 0 Å². The number of fused-ring (bicyclic) bond motifs is 2. The molecule has 0 saturated carbocycles. The molecule has 1 amide bonds. The Labute approximate surface area is 176 Å². The lowest BCUT2D eigenvalue weighted by Crippen LogP contribution is -2.40. The Morgan fingerprint density at radius 3 is 2.93 bits per heavy atom. The molecular weight excluding hydrogens is 471 g/mol. The van der Waals surface area contributed by atoms with Gasteiger partial charge in [-0.05, 0) is 61.1 Å². The SMILES string of the molecule is CC(C)(C)OC(=O)N1CCc2ncc(Oc3ccnc4[nH]cc(I)c34)cc2C1. The second-order valence-electron chi connectivity index (χ2n) is 7.70. The quantitative estimate of drug-likeness (QED) is 0.527. The number of halogens is 1. The van der Waals surface area contributed by atoms with Crippen molar-refractivity contribution in [2.24, 2.45) is 0 Å². The number of carbonyl (C=O) groups is 1. The molecule has 3 aromatic heterocycles. The van der Waals surface area contributed by atoms with E-state index in [2.05, 4.69) is 37.5 Å². The highest BCUT2D eigenvalue weighted by molar-refractivity contribution is 14.1. The number of H-pyrrole nitrogens is 1. The number of carbonyl (C=O) groups excluding carboxylic acids is 1. The highest BCUT2D eigenvalue weighted by atomic mass is 127. The van der Waals surface area contributed by atoms with Gasteiger partial charge in [-0.1, -0.05) is 0 Å². The number of ether oxygens (including phenoxy) is 2. The summed E-state index contributed by atoms with van der Waals surface area (Å²) in [5.74, 6) is 1.35. The first-order valence-electron chi connectivity index (χ1n) is 9.05. The van der Waals surface area contributed by atoms with Crippen molar-refractivity contribution in [2.75, 3.05) is 6.54 Å². The molecule has 4 heterocycles. The van der Waals surface area contributed by atoms with Gasteiger partial charge in [0.2, 0.25) is 0 Å². The molecular formula is C20H21IN4O3. The van der Waals surface area contributed by atoms with E-state index in [9.17, 15) is 4.79 Å². The summed E-state index contributed by atoms with van der Waals surface area (Å²) in [6.07, 6.45) is 5.73. The van der Waals surface area contributed by atoms with Gasteiger partial charge in [0, 0.05) is 34.6 Å². The Bertz CT molecular complexity index is 1040. The van der Waals surface area contributed by atoms with Gasteiger partial charge in [0.1, 0.15) is 22.7 Å². The van der Waals surface area contributed by atoms with Crippen molar-refractivity contribution in [2.45, 2.75) is 39.3 Å². The summed E-state index contributed by atoms with van der Waals surface area (Å²) in [6, 6.07) is 3.79. The van der Waals surface area contributed by atoms with Crippen LogP contribution in [-0.4, -0.2) is 38.1 Å². The summed E-state index contributed by atoms with van der Waals surface area (Å²) in [4.78, 5) is 26.1. The zero-order valence-corrected chi connectivity index (χ0v) is 18.1. The first kappa shape index (κ1) is 19.0. The lowest BCUT2D eigenvalue weighted by Gasteiger charge is -2.30. The molecule has 0 aliphatic carbocycles. The van der Waals surface area contributed by atoms with Crippen LogP contribution in [0.25, 0.3) is 11.0 Å². The number of nitrogens with one attached hydrogen (secondary N) is 1. The van der Waals surface area contributed by atoms with Gasteiger partial charge in [0.25, 0.3) is 0 Å². The average Bonchev–Trinajstić information content (AvgIpc) is 3.02. The van der Waals surface area contributed by atoms with Crippen molar-refractivity contribution in [1.82, 2.24) is 19.9 Å². The van der Waals surface area contributed by atoms with Gasteiger partial charge in [0.15, 0.2) is 0 Å². The lowest BCUT2D eigenvalue weighted by molar-refractivity contribution is 0.0222. The van der Waals surface area contributed by atoms with Gasteiger partial charge in [-0.3, -0.25) is 4.98 Å². The highest BCUT2D eigenvalue weighted by Gasteiger charge is 2.26. The summed E-state index contributed by atoms with van der Waals surface area (Å²) in [5.41, 5.74) is 2.23. The van der Waals surface area contributed by atoms with E-state index in [-0.39, 0.29) is 6.09 Å². The van der Waals surface area contributed by atoms with Gasteiger partial charge in [-0.2, -0.15) is 0 Å². The Kier molecular flexibility index (Phi) is 4.90. The average molecular weight is 492 g/mol. The van der Waals surface area contributed by atoms with E-state index in [0.717, 1.165) is 31.6 Å². The number of amides is 1. The minimum Gasteiger partial charge on any atom is -0.455 e. The van der Waals surface area contributed by atoms with E-state index in [4.69, 9.17) is 9.47 Å². The van der Waals surface area contributed by atoms with Crippen molar-refractivity contribution in [3.8, 4) is 11.5 Å². The summed E-state index contributed by atoms with van der Waals surface area (Å²) in [6.45, 7) is 6.67. The van der Waals surface area contributed by atoms with Crippen LogP contribution in [0.2, 0.25) is 0 Å². The van der Waals surface area contributed by atoms with Crippen molar-refractivity contribution in [3.63, 3.8) is 0 Å². The fourth-order valence-electron chi connectivity index (χ4n) is 3.14. The molecule has 8 heteroatoms. The van der Waals surface area contributed by atoms with E-state index in [1.807, 2.05) is 39.1 Å². The third kappa shape index (κ3) is 3.91. The van der Waals surface area contributed by atoms with E-state index >= 15 is 0 Å². The molecule has 4 rings (SSSR count). The first-order chi connectivity index (χ1) is 13.3. The Morgan fingerprint density at radius 1 is 1.32 bits per heavy atom. The maximum atomic E-state index is 12.4. The Balaban J connectivity index is 1.57. The number of aromatic amines is 1. The molecule has 1 aliphatic rings. The van der Waals surface area contributed by atoms with E-state index in [1.165, 1.54) is 0 Å². The molecule has 0 bridgehead atoms. The standard InChI is InChI=1S/C20H21IN4O3/c1-20(2,3)28-19(26)25-7-5-15-12(11-25)8-13(9-23-15)27-16-4-6-22-18-17(16)14(21)10-24-18/h4,6,8-10H,5,7,11H2,1-3H3,(H,22,24). The third-order valence-corrected chi connectivity index (χ3v) is 5.23. The number of pyridine rings is 2. The van der Waals surface area contributed by atoms with E-state index in [1.54, 1.807) is 17.3 Å². The second kappa shape index (κ2) is 7.23. The number of hydrogen-bond acceptors (Lipinski definition) is 5. The van der Waals surface area contributed by atoms with Crippen LogP contribution in [0.5, 0.6) is 11.5 Å². The van der Waals surface area contributed by atoms with Crippen LogP contribution >= 0.6 is 22.6 Å². The second-order valence-corrected chi connectivity index (χ2v) is 8.86. The van der Waals surface area contributed by atoms with E-state index < -0.39 is 5.60 Å². The van der Waals surface area contributed by atoms with Crippen molar-refractivity contribution in [3.05, 3.63) is 45.6 Å². The highest BCUT2D eigenvalue weighted by Crippen LogP contribution is 2.33. The summed E-state index contributed by atoms with van der Waals surface area (Å²) >= 11 is 2.25. The van der Waals surface area contributed by atoms with Gasteiger partial charge in [-0.25, -0.2) is 9.78 Å². The van der Waals surface area contributed by atoms with Gasteiger partial charge in [0.05, 0.1) is 18.1 Å². The fourth-order valence-corrected chi connectivity index (χ4v) is 3.82. The molecule has 7 nitrogen and oxygen atoms in total. The summed E-state index contributed by atoms with van der Waals surface area (Å²) in [7, 11) is 0. The first-order valence-corrected chi connectivity index (χ1v) is 10.1. The number of hydrogen-bond donors (Lipinski definition) is 1. The third-order valence-electron chi connectivity index (χ3n) is 4.38. The Hall–Kier alpha value is -2.36. The number of rotatable bonds is 2. The van der Waals surface area contributed by atoms with Crippen LogP contribution in [0.1, 0.15) is 32.0 Å². The lowest BCUT2D eigenvalue weighted by atomic mass is 10.1. The summed E-state index contributed by atoms with van der Waals surface area (Å²) < 4.78 is 12.6. The molecule has 1 aliphatic heterocycles. The fraction of sp³-hybridized carbons (Fsp3) is 0.350. The molecule has 0 atom stereocenters. The predicted octanol–water partition coefficient (Wildman–Crippen LogP) is 4.65. The monoisotopic (exact) mass is 492 g/mol. The summed E-state index contributed by atoms with van der Waals surface area (Å²) in [5, 5.41) is 0.941. The van der Waals surface area contributed by atoms with Crippen LogP contribution in [-0.2, 0) is 17.7 Å². The maximum Gasteiger partial charge on any atom is 0.410 e. The normalized spacial score (nSPS) is 14.1. The largest absolute Gasteiger partial charge is 0.455 e. The van der Waals surface area contributed by atoms with Crippen LogP contribution in [0.4, 0.5) is 4.79 Å². The van der Waals surface area contributed by atoms with Crippen molar-refractivity contribution >= 4 is 39.7 Å². The molecule has 0 aromatic carbocycles. The molecule has 1 N–H and O–H groups in total. The molecule has 3 aromatic rings. The zero-order chi connectivity index (χ0) is 19.9.